The number of fused-ring (bicyclic) bond motifs is 5. The molecule has 2 aliphatic rings. The Bertz CT molecular complexity index is 1580. The minimum atomic E-state index is -1.26. The summed E-state index contributed by atoms with van der Waals surface area (Å²) in [5, 5.41) is 0. The fraction of sp³-hybridized carbons (Fsp3) is 0.528. The van der Waals surface area contributed by atoms with Gasteiger partial charge in [-0.1, -0.05) is 75.3 Å². The molecular formula is C36H44O11. The van der Waals surface area contributed by atoms with Gasteiger partial charge >= 0.3 is 29.8 Å². The molecule has 0 amide bonds. The molecule has 254 valence electrons. The molecule has 0 radical (unpaired) electrons. The van der Waals surface area contributed by atoms with E-state index in [4.69, 9.17) is 28.4 Å². The smallest absolute Gasteiger partial charge is 0.314 e. The molecule has 0 N–H and O–H groups in total. The number of hydrogen-bond acceptors (Lipinski definition) is 11. The molecule has 0 spiro atoms. The Hall–Kier alpha value is -4.41. The van der Waals surface area contributed by atoms with Crippen molar-refractivity contribution in [3.63, 3.8) is 0 Å². The van der Waals surface area contributed by atoms with Gasteiger partial charge in [-0.15, -0.1) is 0 Å². The van der Waals surface area contributed by atoms with Gasteiger partial charge in [0.25, 0.3) is 0 Å². The van der Waals surface area contributed by atoms with Gasteiger partial charge in [0, 0.05) is 12.0 Å². The van der Waals surface area contributed by atoms with Crippen LogP contribution in [0.25, 0.3) is 0 Å². The zero-order valence-electron chi connectivity index (χ0n) is 28.7. The maximum Gasteiger partial charge on any atom is 0.314 e. The molecule has 11 nitrogen and oxygen atoms in total. The molecule has 1 heterocycles. The molecule has 0 fully saturated rings. The topological polar surface area (TPSA) is 141 Å². The van der Waals surface area contributed by atoms with Crippen LogP contribution in [0.1, 0.15) is 91.8 Å². The monoisotopic (exact) mass is 652 g/mol. The van der Waals surface area contributed by atoms with E-state index in [2.05, 4.69) is 0 Å². The van der Waals surface area contributed by atoms with E-state index in [-0.39, 0.29) is 41.8 Å². The molecule has 0 saturated heterocycles. The standard InChI is InChI=1S/C36H44O11/c1-17(2)31(37)43-25-12-11-23-28-24-14-27(45-33(39)19(5)6)26(44-32(38)18(3)4)13-22(24)15-36(28,47-35(41)21(9)10)16-42-29(23)30(25)46-34(40)20(7)8/h11-14,17-21,28H,15-16H2,1-10H3/t28-,36+/m0/s1. The zero-order chi connectivity index (χ0) is 35.0. The molecular weight excluding hydrogens is 608 g/mol. The summed E-state index contributed by atoms with van der Waals surface area (Å²) in [7, 11) is 0. The first-order valence-electron chi connectivity index (χ1n) is 16.0. The van der Waals surface area contributed by atoms with E-state index >= 15 is 0 Å². The predicted octanol–water partition coefficient (Wildman–Crippen LogP) is 5.95. The minimum Gasteiger partial charge on any atom is -0.485 e. The summed E-state index contributed by atoms with van der Waals surface area (Å²) < 4.78 is 35.4. The SMILES string of the molecule is CC(C)C(=O)Oc1cc2c(cc1OC(=O)C(C)C)[C@@H]1c3ccc(OC(=O)C(C)C)c(OC(=O)C(C)C)c3OC[C@]1(OC(=O)C(C)C)C2. The van der Waals surface area contributed by atoms with Crippen LogP contribution in [0.5, 0.6) is 28.7 Å². The van der Waals surface area contributed by atoms with Crippen LogP contribution in [0.4, 0.5) is 0 Å². The Morgan fingerprint density at radius 3 is 1.60 bits per heavy atom. The van der Waals surface area contributed by atoms with Crippen molar-refractivity contribution in [1.82, 2.24) is 0 Å². The van der Waals surface area contributed by atoms with Gasteiger partial charge in [0.05, 0.1) is 35.5 Å². The van der Waals surface area contributed by atoms with Gasteiger partial charge < -0.3 is 28.4 Å². The summed E-state index contributed by atoms with van der Waals surface area (Å²) >= 11 is 0. The maximum atomic E-state index is 13.2. The summed E-state index contributed by atoms with van der Waals surface area (Å²) in [5.74, 6) is -5.48. The van der Waals surface area contributed by atoms with Crippen molar-refractivity contribution in [1.29, 1.82) is 0 Å². The van der Waals surface area contributed by atoms with Crippen molar-refractivity contribution in [2.45, 2.75) is 87.2 Å². The lowest BCUT2D eigenvalue weighted by molar-refractivity contribution is -0.169. The zero-order valence-corrected chi connectivity index (χ0v) is 28.7. The summed E-state index contributed by atoms with van der Waals surface area (Å²) in [6.45, 7) is 16.8. The summed E-state index contributed by atoms with van der Waals surface area (Å²) in [6.07, 6.45) is 0.181. The molecule has 0 unspecified atom stereocenters. The number of ether oxygens (including phenoxy) is 6. The van der Waals surface area contributed by atoms with Gasteiger partial charge in [-0.05, 0) is 29.3 Å². The van der Waals surface area contributed by atoms with E-state index in [1.54, 1.807) is 87.4 Å². The highest BCUT2D eigenvalue weighted by atomic mass is 16.6. The van der Waals surface area contributed by atoms with Crippen LogP contribution >= 0.6 is 0 Å². The van der Waals surface area contributed by atoms with Crippen LogP contribution in [0, 0.1) is 29.6 Å². The van der Waals surface area contributed by atoms with Gasteiger partial charge in [-0.3, -0.25) is 24.0 Å². The molecule has 2 aromatic carbocycles. The van der Waals surface area contributed by atoms with Crippen molar-refractivity contribution >= 4 is 29.8 Å². The van der Waals surface area contributed by atoms with Crippen LogP contribution in [0.15, 0.2) is 24.3 Å². The lowest BCUT2D eigenvalue weighted by Crippen LogP contribution is -2.48. The highest BCUT2D eigenvalue weighted by molar-refractivity contribution is 5.81. The normalized spacial score (nSPS) is 18.0. The van der Waals surface area contributed by atoms with Gasteiger partial charge in [-0.2, -0.15) is 0 Å². The third-order valence-electron chi connectivity index (χ3n) is 7.91. The Morgan fingerprint density at radius 1 is 0.617 bits per heavy atom. The van der Waals surface area contributed by atoms with Gasteiger partial charge in [-0.25, -0.2) is 0 Å². The van der Waals surface area contributed by atoms with Crippen LogP contribution in [-0.4, -0.2) is 42.1 Å². The van der Waals surface area contributed by atoms with Gasteiger partial charge in [0.15, 0.2) is 28.6 Å². The fourth-order valence-electron chi connectivity index (χ4n) is 5.14. The number of rotatable bonds is 10. The van der Waals surface area contributed by atoms with E-state index in [9.17, 15) is 24.0 Å². The molecule has 0 bridgehead atoms. The fourth-order valence-corrected chi connectivity index (χ4v) is 5.14. The average molecular weight is 653 g/mol. The van der Waals surface area contributed by atoms with E-state index in [1.165, 1.54) is 6.07 Å². The number of carbonyl (C=O) groups is 5. The van der Waals surface area contributed by atoms with E-state index < -0.39 is 71.0 Å². The van der Waals surface area contributed by atoms with Crippen LogP contribution < -0.4 is 23.7 Å². The van der Waals surface area contributed by atoms with Crippen molar-refractivity contribution in [3.8, 4) is 28.7 Å². The third-order valence-corrected chi connectivity index (χ3v) is 7.91. The first kappa shape index (κ1) is 35.4. The minimum absolute atomic E-state index is 0.00356. The number of hydrogen-bond donors (Lipinski definition) is 0. The largest absolute Gasteiger partial charge is 0.485 e. The first-order valence-corrected chi connectivity index (χ1v) is 16.0. The lowest BCUT2D eigenvalue weighted by Gasteiger charge is -2.40. The van der Waals surface area contributed by atoms with Crippen LogP contribution in [-0.2, 0) is 35.1 Å². The molecule has 1 aliphatic heterocycles. The molecule has 11 heteroatoms. The first-order chi connectivity index (χ1) is 21.9. The second-order valence-corrected chi connectivity index (χ2v) is 13.7. The van der Waals surface area contributed by atoms with E-state index in [0.717, 1.165) is 0 Å². The second kappa shape index (κ2) is 13.8. The number of benzene rings is 2. The maximum absolute atomic E-state index is 13.2. The van der Waals surface area contributed by atoms with Gasteiger partial charge in [0.1, 0.15) is 6.61 Å². The Labute approximate surface area is 275 Å². The second-order valence-electron chi connectivity index (χ2n) is 13.7. The quantitative estimate of drug-likeness (QED) is 0.222. The third kappa shape index (κ3) is 7.29. The predicted molar refractivity (Wildman–Crippen MR) is 169 cm³/mol. The molecule has 2 atom stereocenters. The van der Waals surface area contributed by atoms with Crippen LogP contribution in [0.2, 0.25) is 0 Å². The highest BCUT2D eigenvalue weighted by Crippen LogP contribution is 2.58. The lowest BCUT2D eigenvalue weighted by atomic mass is 9.80. The molecule has 1 aliphatic carbocycles. The molecule has 2 aromatic rings. The average Bonchev–Trinajstić information content (AvgIpc) is 3.30. The molecule has 47 heavy (non-hydrogen) atoms. The van der Waals surface area contributed by atoms with E-state index in [0.29, 0.717) is 16.7 Å². The highest BCUT2D eigenvalue weighted by Gasteiger charge is 2.55. The molecule has 4 rings (SSSR count). The number of esters is 5. The molecule has 0 aromatic heterocycles. The van der Waals surface area contributed by atoms with E-state index in [1.807, 2.05) is 0 Å². The summed E-state index contributed by atoms with van der Waals surface area (Å²) in [5.41, 5.74) is 0.548. The number of carbonyl (C=O) groups excluding carboxylic acids is 5. The summed E-state index contributed by atoms with van der Waals surface area (Å²) in [6, 6.07) is 6.44. The van der Waals surface area contributed by atoms with Crippen molar-refractivity contribution < 1.29 is 52.4 Å². The van der Waals surface area contributed by atoms with Gasteiger partial charge in [0.2, 0.25) is 5.75 Å². The van der Waals surface area contributed by atoms with Crippen LogP contribution in [0.3, 0.4) is 0 Å². The molecule has 0 saturated carbocycles. The Balaban J connectivity index is 1.96. The van der Waals surface area contributed by atoms with Crippen molar-refractivity contribution in [2.24, 2.45) is 29.6 Å². The van der Waals surface area contributed by atoms with Crippen molar-refractivity contribution in [2.75, 3.05) is 6.61 Å². The Kier molecular flexibility index (Phi) is 10.4. The Morgan fingerprint density at radius 2 is 1.09 bits per heavy atom. The van der Waals surface area contributed by atoms with Crippen molar-refractivity contribution in [3.05, 3.63) is 41.0 Å². The summed E-state index contributed by atoms with van der Waals surface area (Å²) in [4.78, 5) is 64.1.